The summed E-state index contributed by atoms with van der Waals surface area (Å²) in [5.74, 6) is -0.742. The van der Waals surface area contributed by atoms with Crippen molar-refractivity contribution in [2.24, 2.45) is 0 Å². The molecule has 2 heterocycles. The smallest absolute Gasteiger partial charge is 0.363 e. The zero-order chi connectivity index (χ0) is 19.2. The summed E-state index contributed by atoms with van der Waals surface area (Å²) in [4.78, 5) is 24.1. The van der Waals surface area contributed by atoms with Crippen molar-refractivity contribution in [2.75, 3.05) is 13.2 Å². The Balaban J connectivity index is 2.09. The lowest BCUT2D eigenvalue weighted by Crippen LogP contribution is -2.29. The molecule has 0 amide bonds. The third-order valence-corrected chi connectivity index (χ3v) is 3.39. The molecule has 0 aliphatic carbocycles. The molecule has 2 rings (SSSR count). The van der Waals surface area contributed by atoms with E-state index in [1.807, 2.05) is 0 Å². The Kier molecular flexibility index (Phi) is 6.68. The molecule has 0 radical (unpaired) electrons. The Morgan fingerprint density at radius 2 is 2.04 bits per heavy atom. The van der Waals surface area contributed by atoms with Crippen LogP contribution in [0.15, 0.2) is 29.5 Å². The summed E-state index contributed by atoms with van der Waals surface area (Å²) in [6, 6.07) is 1.29. The maximum Gasteiger partial charge on any atom is 0.363 e. The number of hydrogen-bond donors (Lipinski definition) is 0. The lowest BCUT2D eigenvalue weighted by molar-refractivity contribution is 0.00592. The molecule has 0 aromatic carbocycles. The first-order valence-electron chi connectivity index (χ1n) is 8.74. The fourth-order valence-electron chi connectivity index (χ4n) is 2.12. The summed E-state index contributed by atoms with van der Waals surface area (Å²) in [5, 5.41) is 8.35. The van der Waals surface area contributed by atoms with Gasteiger partial charge in [0.15, 0.2) is 0 Å². The normalized spacial score (nSPS) is 11.5. The lowest BCUT2D eigenvalue weighted by atomic mass is 10.2. The number of rotatable bonds is 8. The maximum atomic E-state index is 12.2. The van der Waals surface area contributed by atoms with Gasteiger partial charge in [-0.1, -0.05) is 13.3 Å². The van der Waals surface area contributed by atoms with Crippen LogP contribution in [0.5, 0.6) is 0 Å². The average Bonchev–Trinajstić information content (AvgIpc) is 3.02. The first kappa shape index (κ1) is 19.8. The molecule has 2 aromatic heterocycles. The van der Waals surface area contributed by atoms with E-state index in [0.717, 1.165) is 19.4 Å². The molecule has 0 bridgehead atoms. The summed E-state index contributed by atoms with van der Waals surface area (Å²) < 4.78 is 13.9. The Morgan fingerprint density at radius 3 is 2.73 bits per heavy atom. The highest BCUT2D eigenvalue weighted by Crippen LogP contribution is 2.10. The van der Waals surface area contributed by atoms with Gasteiger partial charge >= 0.3 is 5.97 Å². The third kappa shape index (κ3) is 5.80. The van der Waals surface area contributed by atoms with Gasteiger partial charge in [-0.05, 0) is 27.2 Å². The molecular weight excluding hydrogens is 336 g/mol. The van der Waals surface area contributed by atoms with Crippen molar-refractivity contribution in [1.82, 2.24) is 19.6 Å². The van der Waals surface area contributed by atoms with Gasteiger partial charge in [-0.3, -0.25) is 9.48 Å². The van der Waals surface area contributed by atoms with Gasteiger partial charge in [-0.25, -0.2) is 9.48 Å². The Morgan fingerprint density at radius 1 is 1.27 bits per heavy atom. The molecule has 0 saturated carbocycles. The topological polar surface area (TPSA) is 88.2 Å². The zero-order valence-electron chi connectivity index (χ0n) is 15.8. The predicted octanol–water partition coefficient (Wildman–Crippen LogP) is 2.20. The molecule has 26 heavy (non-hydrogen) atoms. The summed E-state index contributed by atoms with van der Waals surface area (Å²) in [6.07, 6.45) is 7.03. The minimum atomic E-state index is -0.742. The van der Waals surface area contributed by atoms with Crippen molar-refractivity contribution in [1.29, 1.82) is 0 Å². The van der Waals surface area contributed by atoms with E-state index in [2.05, 4.69) is 17.1 Å². The van der Waals surface area contributed by atoms with Crippen molar-refractivity contribution < 1.29 is 14.3 Å². The largest absolute Gasteiger partial charge is 0.455 e. The highest BCUT2D eigenvalue weighted by Gasteiger charge is 2.22. The molecule has 0 N–H and O–H groups in total. The second kappa shape index (κ2) is 8.75. The molecule has 0 fully saturated rings. The first-order chi connectivity index (χ1) is 12.3. The van der Waals surface area contributed by atoms with Crippen LogP contribution in [0.25, 0.3) is 5.69 Å². The average molecular weight is 362 g/mol. The first-order valence-corrected chi connectivity index (χ1v) is 8.74. The van der Waals surface area contributed by atoms with E-state index in [4.69, 9.17) is 9.47 Å². The van der Waals surface area contributed by atoms with Gasteiger partial charge in [0.1, 0.15) is 11.3 Å². The van der Waals surface area contributed by atoms with Crippen LogP contribution in [0.1, 0.15) is 51.0 Å². The van der Waals surface area contributed by atoms with Gasteiger partial charge in [0.25, 0.3) is 0 Å². The lowest BCUT2D eigenvalue weighted by Gasteiger charge is -2.18. The molecule has 0 aliphatic rings. The number of unbranched alkanes of at least 4 members (excludes halogenated alkanes) is 1. The number of hydrogen-bond acceptors (Lipinski definition) is 6. The summed E-state index contributed by atoms with van der Waals surface area (Å²) in [6.45, 7) is 9.25. The molecule has 2 aromatic rings. The van der Waals surface area contributed by atoms with E-state index in [-0.39, 0.29) is 5.69 Å². The zero-order valence-corrected chi connectivity index (χ0v) is 15.8. The highest BCUT2D eigenvalue weighted by atomic mass is 16.6. The molecule has 8 nitrogen and oxygen atoms in total. The second-order valence-electron chi connectivity index (χ2n) is 6.90. The molecule has 0 aliphatic heterocycles. The molecule has 142 valence electrons. The van der Waals surface area contributed by atoms with Crippen LogP contribution in [0.2, 0.25) is 0 Å². The maximum absolute atomic E-state index is 12.2. The standard InChI is InChI=1S/C18H26N4O4/c1-5-6-10-25-11-9-21-13-14(12-19-21)22-8-7-15(23)16(20-22)17(24)26-18(2,3)4/h7-8,12-13H,5-6,9-11H2,1-4H3. The van der Waals surface area contributed by atoms with Gasteiger partial charge in [0.2, 0.25) is 11.1 Å². The van der Waals surface area contributed by atoms with Crippen LogP contribution < -0.4 is 5.43 Å². The SMILES string of the molecule is CCCCOCCn1cc(-n2ccc(=O)c(C(=O)OC(C)(C)C)n2)cn1. The summed E-state index contributed by atoms with van der Waals surface area (Å²) in [7, 11) is 0. The van der Waals surface area contributed by atoms with E-state index in [1.165, 1.54) is 16.9 Å². The van der Waals surface area contributed by atoms with E-state index < -0.39 is 17.0 Å². The van der Waals surface area contributed by atoms with Crippen LogP contribution in [0.3, 0.4) is 0 Å². The van der Waals surface area contributed by atoms with Crippen molar-refractivity contribution in [3.8, 4) is 5.69 Å². The molecule has 0 atom stereocenters. The van der Waals surface area contributed by atoms with Crippen LogP contribution in [-0.4, -0.2) is 44.3 Å². The minimum absolute atomic E-state index is 0.252. The third-order valence-electron chi connectivity index (χ3n) is 3.39. The Hall–Kier alpha value is -2.48. The molecule has 0 unspecified atom stereocenters. The van der Waals surface area contributed by atoms with Crippen LogP contribution in [-0.2, 0) is 16.0 Å². The van der Waals surface area contributed by atoms with Gasteiger partial charge in [0.05, 0.1) is 25.5 Å². The molecule has 8 heteroatoms. The van der Waals surface area contributed by atoms with Gasteiger partial charge in [-0.2, -0.15) is 10.2 Å². The van der Waals surface area contributed by atoms with Crippen molar-refractivity contribution >= 4 is 5.97 Å². The quantitative estimate of drug-likeness (QED) is 0.528. The van der Waals surface area contributed by atoms with Crippen molar-refractivity contribution in [3.63, 3.8) is 0 Å². The second-order valence-corrected chi connectivity index (χ2v) is 6.90. The van der Waals surface area contributed by atoms with Gasteiger partial charge in [0, 0.05) is 18.9 Å². The minimum Gasteiger partial charge on any atom is -0.455 e. The Labute approximate surface area is 152 Å². The molecule has 0 saturated heterocycles. The molecule has 0 spiro atoms. The van der Waals surface area contributed by atoms with Crippen LogP contribution >= 0.6 is 0 Å². The van der Waals surface area contributed by atoms with E-state index >= 15 is 0 Å². The number of ether oxygens (including phenoxy) is 2. The monoisotopic (exact) mass is 362 g/mol. The van der Waals surface area contributed by atoms with Gasteiger partial charge < -0.3 is 9.47 Å². The number of carbonyl (C=O) groups excluding carboxylic acids is 1. The van der Waals surface area contributed by atoms with E-state index in [1.54, 1.807) is 37.8 Å². The fraction of sp³-hybridized carbons (Fsp3) is 0.556. The van der Waals surface area contributed by atoms with Crippen LogP contribution in [0, 0.1) is 0 Å². The summed E-state index contributed by atoms with van der Waals surface area (Å²) in [5.41, 5.74) is -0.789. The fourth-order valence-corrected chi connectivity index (χ4v) is 2.12. The van der Waals surface area contributed by atoms with Crippen molar-refractivity contribution in [2.45, 2.75) is 52.7 Å². The van der Waals surface area contributed by atoms with Gasteiger partial charge in [-0.15, -0.1) is 0 Å². The van der Waals surface area contributed by atoms with Crippen molar-refractivity contribution in [3.05, 3.63) is 40.6 Å². The number of esters is 1. The number of carbonyl (C=O) groups is 1. The number of nitrogens with zero attached hydrogens (tertiary/aromatic N) is 4. The van der Waals surface area contributed by atoms with E-state index in [9.17, 15) is 9.59 Å². The highest BCUT2D eigenvalue weighted by molar-refractivity contribution is 5.87. The van der Waals surface area contributed by atoms with E-state index in [0.29, 0.717) is 18.8 Å². The van der Waals surface area contributed by atoms with Crippen LogP contribution in [0.4, 0.5) is 0 Å². The summed E-state index contributed by atoms with van der Waals surface area (Å²) >= 11 is 0. The molecular formula is C18H26N4O4. The number of aromatic nitrogens is 4. The Bertz CT molecular complexity index is 789. The predicted molar refractivity (Wildman–Crippen MR) is 96.5 cm³/mol.